The maximum Gasteiger partial charge on any atom is 0.254 e. The van der Waals surface area contributed by atoms with E-state index in [2.05, 4.69) is 17.6 Å². The van der Waals surface area contributed by atoms with Gasteiger partial charge in [0.05, 0.1) is 60.8 Å². The SMILES string of the molecule is CCCC#N.CC[C@@H]1CO1.CNC(=O)c1cc(Cl)c(OCc2ccc(OC)cc2)cc1O.CNC(=O)c1cc(Cl)c(OCc2ccc(OC)cc2)cc1OC[C@@H]1CO1. The molecule has 0 bridgehead atoms. The fraction of sp³-hybridized carbons (Fsp3) is 0.372. The molecule has 0 unspecified atom stereocenters. The van der Waals surface area contributed by atoms with Crippen LogP contribution in [0, 0.1) is 11.3 Å². The van der Waals surface area contributed by atoms with Crippen molar-refractivity contribution in [1.29, 1.82) is 5.26 Å². The number of hydrogen-bond acceptors (Lipinski definition) is 11. The number of hydrogen-bond donors (Lipinski definition) is 3. The standard InChI is InChI=1S/C19H20ClNO5.C16H16ClNO4.C4H7N.C4H8O/c1-21-19(22)15-7-16(20)18(8-17(15)26-11-14-10-24-14)25-9-12-3-5-13(23-2)6-4-12;1-18-16(20)12-7-13(17)15(8-14(12)19)22-9-10-3-5-11(21-2)6-4-10;1-2-3-4-5;1-2-4-3-5-4/h3-8,14H,9-11H2,1-2H3,(H,21,22);3-8,19H,9H2,1-2H3,(H,18,20);2-3H2,1H3;4H,2-3H2,1H3/t14-;;;4-/m0..1/s1. The van der Waals surface area contributed by atoms with Crippen LogP contribution in [0.5, 0.6) is 34.5 Å². The van der Waals surface area contributed by atoms with Gasteiger partial charge in [0.25, 0.3) is 11.8 Å². The van der Waals surface area contributed by atoms with E-state index in [0.717, 1.165) is 35.7 Å². The lowest BCUT2D eigenvalue weighted by Crippen LogP contribution is -2.19. The third kappa shape index (κ3) is 16.2. The first-order chi connectivity index (χ1) is 28.0. The minimum absolute atomic E-state index is 0.0758. The topological polar surface area (TPSA) is 173 Å². The summed E-state index contributed by atoms with van der Waals surface area (Å²) in [5, 5.41) is 23.3. The van der Waals surface area contributed by atoms with Gasteiger partial charge >= 0.3 is 0 Å². The van der Waals surface area contributed by atoms with Crippen LogP contribution in [0.1, 0.15) is 65.0 Å². The summed E-state index contributed by atoms with van der Waals surface area (Å²) >= 11 is 12.4. The number of rotatable bonds is 15. The Hall–Kier alpha value is -5.39. The van der Waals surface area contributed by atoms with Crippen molar-refractivity contribution in [3.63, 3.8) is 0 Å². The van der Waals surface area contributed by atoms with Crippen LogP contribution in [-0.4, -0.2) is 77.3 Å². The molecule has 2 atom stereocenters. The average Bonchev–Trinajstić information content (AvgIpc) is 4.20. The average molecular weight is 841 g/mol. The number of carbonyl (C=O) groups is 2. The van der Waals surface area contributed by atoms with Crippen LogP contribution in [0.3, 0.4) is 0 Å². The van der Waals surface area contributed by atoms with E-state index in [-0.39, 0.29) is 35.0 Å². The van der Waals surface area contributed by atoms with Crippen molar-refractivity contribution in [3.05, 3.63) is 105 Å². The number of nitriles is 1. The second-order valence-corrected chi connectivity index (χ2v) is 13.4. The predicted octanol–water partition coefficient (Wildman–Crippen LogP) is 8.16. The Morgan fingerprint density at radius 2 is 1.21 bits per heavy atom. The first-order valence-corrected chi connectivity index (χ1v) is 19.3. The molecule has 4 aromatic rings. The largest absolute Gasteiger partial charge is 0.507 e. The minimum atomic E-state index is -0.416. The molecule has 2 fully saturated rings. The second kappa shape index (κ2) is 25.1. The van der Waals surface area contributed by atoms with Gasteiger partial charge < -0.3 is 48.9 Å². The van der Waals surface area contributed by atoms with Crippen molar-refractivity contribution >= 4 is 35.0 Å². The molecular weight excluding hydrogens is 789 g/mol. The van der Waals surface area contributed by atoms with Gasteiger partial charge in [-0.15, -0.1) is 0 Å². The Balaban J connectivity index is 0.000000253. The summed E-state index contributed by atoms with van der Waals surface area (Å²) in [6, 6.07) is 22.8. The lowest BCUT2D eigenvalue weighted by Gasteiger charge is -2.14. The molecule has 2 aliphatic rings. The van der Waals surface area contributed by atoms with E-state index in [1.807, 2.05) is 61.5 Å². The maximum atomic E-state index is 12.1. The highest BCUT2D eigenvalue weighted by molar-refractivity contribution is 6.33. The van der Waals surface area contributed by atoms with Gasteiger partial charge in [-0.05, 0) is 60.4 Å². The van der Waals surface area contributed by atoms with Crippen molar-refractivity contribution < 1.29 is 47.9 Å². The van der Waals surface area contributed by atoms with Gasteiger partial charge in [-0.25, -0.2) is 0 Å². The molecule has 58 heavy (non-hydrogen) atoms. The summed E-state index contributed by atoms with van der Waals surface area (Å²) in [6.07, 6.45) is 3.58. The van der Waals surface area contributed by atoms with Crippen LogP contribution >= 0.6 is 23.2 Å². The molecule has 15 heteroatoms. The zero-order valence-electron chi connectivity index (χ0n) is 33.6. The fourth-order valence-electron chi connectivity index (χ4n) is 4.57. The third-order valence-electron chi connectivity index (χ3n) is 8.18. The summed E-state index contributed by atoms with van der Waals surface area (Å²) in [6.45, 7) is 6.79. The summed E-state index contributed by atoms with van der Waals surface area (Å²) < 4.78 is 37.3. The summed E-state index contributed by atoms with van der Waals surface area (Å²) in [5.41, 5.74) is 2.34. The van der Waals surface area contributed by atoms with Crippen molar-refractivity contribution in [2.75, 3.05) is 48.1 Å². The number of unbranched alkanes of at least 4 members (excludes halogenated alkanes) is 1. The monoisotopic (exact) mass is 839 g/mol. The number of phenols is 1. The summed E-state index contributed by atoms with van der Waals surface area (Å²) in [4.78, 5) is 23.6. The Morgan fingerprint density at radius 1 is 0.741 bits per heavy atom. The van der Waals surface area contributed by atoms with Crippen LogP contribution in [0.4, 0.5) is 0 Å². The first kappa shape index (κ1) is 47.0. The molecule has 13 nitrogen and oxygen atoms in total. The minimum Gasteiger partial charge on any atom is -0.507 e. The van der Waals surface area contributed by atoms with Crippen LogP contribution in [0.15, 0.2) is 72.8 Å². The number of ether oxygens (including phenoxy) is 7. The van der Waals surface area contributed by atoms with Crippen LogP contribution < -0.4 is 34.3 Å². The maximum absolute atomic E-state index is 12.1. The fourth-order valence-corrected chi connectivity index (χ4v) is 5.01. The number of amides is 2. The zero-order chi connectivity index (χ0) is 42.5. The molecule has 2 saturated heterocycles. The van der Waals surface area contributed by atoms with E-state index in [0.29, 0.717) is 60.2 Å². The highest BCUT2D eigenvalue weighted by Gasteiger charge is 2.25. The number of methoxy groups -OCH3 is 2. The number of halogens is 2. The molecule has 0 saturated carbocycles. The highest BCUT2D eigenvalue weighted by atomic mass is 35.5. The lowest BCUT2D eigenvalue weighted by molar-refractivity contribution is 0.0951. The van der Waals surface area contributed by atoms with E-state index in [9.17, 15) is 14.7 Å². The molecule has 0 aromatic heterocycles. The van der Waals surface area contributed by atoms with E-state index in [4.69, 9.17) is 61.6 Å². The van der Waals surface area contributed by atoms with Crippen LogP contribution in [-0.2, 0) is 22.7 Å². The highest BCUT2D eigenvalue weighted by Crippen LogP contribution is 2.35. The van der Waals surface area contributed by atoms with Gasteiger partial charge in [0.15, 0.2) is 0 Å². The Labute approximate surface area is 350 Å². The molecule has 2 amide bonds. The molecule has 6 rings (SSSR count). The molecule has 3 N–H and O–H groups in total. The molecule has 0 aliphatic carbocycles. The second-order valence-electron chi connectivity index (χ2n) is 12.5. The quantitative estimate of drug-likeness (QED) is 0.0986. The third-order valence-corrected chi connectivity index (χ3v) is 8.77. The number of epoxide rings is 2. The van der Waals surface area contributed by atoms with E-state index < -0.39 is 5.91 Å². The van der Waals surface area contributed by atoms with Crippen LogP contribution in [0.25, 0.3) is 0 Å². The Morgan fingerprint density at radius 3 is 1.59 bits per heavy atom. The van der Waals surface area contributed by atoms with Gasteiger partial charge in [-0.3, -0.25) is 9.59 Å². The van der Waals surface area contributed by atoms with E-state index in [1.54, 1.807) is 33.4 Å². The number of nitrogens with zero attached hydrogens (tertiary/aromatic N) is 1. The first-order valence-electron chi connectivity index (χ1n) is 18.5. The summed E-state index contributed by atoms with van der Waals surface area (Å²) in [5.74, 6) is 1.82. The van der Waals surface area contributed by atoms with E-state index >= 15 is 0 Å². The number of carbonyl (C=O) groups excluding carboxylic acids is 2. The molecule has 2 aliphatic heterocycles. The van der Waals surface area contributed by atoms with Gasteiger partial charge in [-0.2, -0.15) is 5.26 Å². The number of benzene rings is 4. The normalized spacial score (nSPS) is 14.2. The molecule has 2 heterocycles. The lowest BCUT2D eigenvalue weighted by atomic mass is 10.1. The zero-order valence-corrected chi connectivity index (χ0v) is 35.1. The number of phenolic OH excluding ortho intramolecular Hbond substituents is 1. The molecule has 4 aromatic carbocycles. The van der Waals surface area contributed by atoms with Crippen molar-refractivity contribution in [3.8, 4) is 40.6 Å². The van der Waals surface area contributed by atoms with Gasteiger partial charge in [-0.1, -0.05) is 61.3 Å². The Kier molecular flexibility index (Phi) is 20.3. The van der Waals surface area contributed by atoms with Gasteiger partial charge in [0, 0.05) is 32.6 Å². The van der Waals surface area contributed by atoms with Crippen molar-refractivity contribution in [2.45, 2.75) is 58.5 Å². The Bertz CT molecular complexity index is 1930. The van der Waals surface area contributed by atoms with Crippen molar-refractivity contribution in [2.24, 2.45) is 0 Å². The smallest absolute Gasteiger partial charge is 0.254 e. The van der Waals surface area contributed by atoms with Gasteiger partial charge in [0.2, 0.25) is 0 Å². The molecule has 312 valence electrons. The molecule has 0 spiro atoms. The number of aromatic hydroxyl groups is 1. The number of nitrogens with one attached hydrogen (secondary N) is 2. The molecular formula is C43H51Cl2N3O10. The van der Waals surface area contributed by atoms with E-state index in [1.165, 1.54) is 25.6 Å². The van der Waals surface area contributed by atoms with Crippen LogP contribution in [0.2, 0.25) is 10.0 Å². The van der Waals surface area contributed by atoms with Crippen molar-refractivity contribution in [1.82, 2.24) is 10.6 Å². The summed E-state index contributed by atoms with van der Waals surface area (Å²) in [7, 11) is 6.25. The molecule has 0 radical (unpaired) electrons. The predicted molar refractivity (Wildman–Crippen MR) is 222 cm³/mol. The van der Waals surface area contributed by atoms with Gasteiger partial charge in [0.1, 0.15) is 60.4 Å².